The van der Waals surface area contributed by atoms with Crippen LogP contribution in [0.4, 0.5) is 13.2 Å². The molecular weight excluding hydrogens is 486 g/mol. The molecule has 2 aromatic carbocycles. The van der Waals surface area contributed by atoms with Gasteiger partial charge in [0.15, 0.2) is 0 Å². The Balaban J connectivity index is 0.00000450. The molecule has 0 saturated carbocycles. The van der Waals surface area contributed by atoms with Gasteiger partial charge in [-0.25, -0.2) is 13.3 Å². The highest BCUT2D eigenvalue weighted by Crippen LogP contribution is 2.28. The third-order valence-corrected chi connectivity index (χ3v) is 6.60. The molecule has 2 unspecified atom stereocenters. The maximum absolute atomic E-state index is 13.5. The summed E-state index contributed by atoms with van der Waals surface area (Å²) >= 11 is 12.1. The van der Waals surface area contributed by atoms with Crippen molar-refractivity contribution in [2.45, 2.75) is 17.3 Å². The van der Waals surface area contributed by atoms with Crippen molar-refractivity contribution < 1.29 is 22.1 Å². The average molecular weight is 507 g/mol. The van der Waals surface area contributed by atoms with Gasteiger partial charge in [-0.05, 0) is 56.1 Å². The molecule has 0 aliphatic carbocycles. The summed E-state index contributed by atoms with van der Waals surface area (Å²) in [4.78, 5) is 2.11. The number of benzene rings is 2. The zero-order valence-corrected chi connectivity index (χ0v) is 19.4. The normalized spacial score (nSPS) is 14.6. The Morgan fingerprint density at radius 1 is 1.13 bits per heavy atom. The summed E-state index contributed by atoms with van der Waals surface area (Å²) in [6.45, 7) is 0.458. The van der Waals surface area contributed by atoms with Gasteiger partial charge in [-0.2, -0.15) is 0 Å². The first kappa shape index (κ1) is 26.8. The largest absolute Gasteiger partial charge is 0.573 e. The Labute approximate surface area is 190 Å². The molecule has 0 aliphatic heterocycles. The van der Waals surface area contributed by atoms with Crippen LogP contribution in [0.3, 0.4) is 0 Å². The third kappa shape index (κ3) is 7.47. The molecule has 2 atom stereocenters. The summed E-state index contributed by atoms with van der Waals surface area (Å²) in [6.07, 6.45) is -4.80. The van der Waals surface area contributed by atoms with Crippen LogP contribution >= 0.6 is 35.6 Å². The zero-order chi connectivity index (χ0) is 21.8. The van der Waals surface area contributed by atoms with E-state index in [1.54, 1.807) is 18.2 Å². The third-order valence-electron chi connectivity index (χ3n) is 3.83. The molecule has 0 heterocycles. The molecule has 0 saturated heterocycles. The fourth-order valence-electron chi connectivity index (χ4n) is 2.55. The number of hydrogen-bond donors (Lipinski definition) is 1. The fraction of sp³-hybridized carbons (Fsp3) is 0.333. The van der Waals surface area contributed by atoms with Crippen molar-refractivity contribution in [1.29, 1.82) is 0 Å². The molecule has 12 heteroatoms. The van der Waals surface area contributed by atoms with E-state index in [-0.39, 0.29) is 17.3 Å². The van der Waals surface area contributed by atoms with E-state index in [9.17, 15) is 17.4 Å². The average Bonchev–Trinajstić information content (AvgIpc) is 2.62. The van der Waals surface area contributed by atoms with E-state index >= 15 is 0 Å². The van der Waals surface area contributed by atoms with Crippen molar-refractivity contribution in [3.05, 3.63) is 58.1 Å². The highest BCUT2D eigenvalue weighted by molar-refractivity contribution is 7.91. The predicted molar refractivity (Wildman–Crippen MR) is 116 cm³/mol. The molecular formula is C18H21Cl3F3N3O2S. The zero-order valence-electron chi connectivity index (χ0n) is 16.2. The van der Waals surface area contributed by atoms with Gasteiger partial charge in [0, 0.05) is 13.6 Å². The number of rotatable bonds is 7. The molecule has 168 valence electrons. The lowest BCUT2D eigenvalue weighted by Gasteiger charge is -2.25. The minimum absolute atomic E-state index is 0. The van der Waals surface area contributed by atoms with Gasteiger partial charge >= 0.3 is 6.36 Å². The van der Waals surface area contributed by atoms with E-state index in [2.05, 4.69) is 13.8 Å². The molecule has 30 heavy (non-hydrogen) atoms. The second kappa shape index (κ2) is 10.9. The highest BCUT2D eigenvalue weighted by Gasteiger charge is 2.31. The van der Waals surface area contributed by atoms with E-state index in [1.807, 2.05) is 19.0 Å². The lowest BCUT2D eigenvalue weighted by Crippen LogP contribution is -2.35. The first-order valence-corrected chi connectivity index (χ1v) is 10.6. The molecule has 0 radical (unpaired) electrons. The van der Waals surface area contributed by atoms with Gasteiger partial charge < -0.3 is 9.64 Å². The van der Waals surface area contributed by atoms with Crippen LogP contribution in [0.2, 0.25) is 10.0 Å². The Morgan fingerprint density at radius 3 is 2.20 bits per heavy atom. The second-order valence-electron chi connectivity index (χ2n) is 6.33. The van der Waals surface area contributed by atoms with Crippen LogP contribution in [-0.2, 0) is 9.92 Å². The van der Waals surface area contributed by atoms with Crippen molar-refractivity contribution in [3.63, 3.8) is 0 Å². The first-order valence-electron chi connectivity index (χ1n) is 8.31. The topological polar surface area (TPSA) is 53.9 Å². The number of halogens is 6. The van der Waals surface area contributed by atoms with Crippen molar-refractivity contribution >= 4 is 45.5 Å². The van der Waals surface area contributed by atoms with E-state index in [1.165, 1.54) is 19.2 Å². The minimum atomic E-state index is -4.80. The highest BCUT2D eigenvalue weighted by atomic mass is 35.5. The Bertz CT molecular complexity index is 963. The van der Waals surface area contributed by atoms with Crippen LogP contribution < -0.4 is 9.46 Å². The monoisotopic (exact) mass is 505 g/mol. The SMILES string of the molecule is CN=S(=O)(NC(CN(C)C)c1ccc(Cl)c(Cl)c1)c1ccc(OC(F)(F)F)cc1.Cl. The minimum Gasteiger partial charge on any atom is -0.406 e. The van der Waals surface area contributed by atoms with E-state index in [0.29, 0.717) is 16.6 Å². The van der Waals surface area contributed by atoms with Crippen LogP contribution in [0.15, 0.2) is 51.7 Å². The molecule has 0 bridgehead atoms. The van der Waals surface area contributed by atoms with Gasteiger partial charge in [0.05, 0.1) is 21.0 Å². The van der Waals surface area contributed by atoms with Crippen molar-refractivity contribution in [2.75, 3.05) is 27.7 Å². The number of nitrogens with one attached hydrogen (secondary N) is 1. The molecule has 1 N–H and O–H groups in total. The van der Waals surface area contributed by atoms with Crippen molar-refractivity contribution in [3.8, 4) is 5.75 Å². The number of alkyl halides is 3. The van der Waals surface area contributed by atoms with Gasteiger partial charge in [0.25, 0.3) is 0 Å². The standard InChI is InChI=1S/C18H20Cl2F3N3O2S.ClH/c1-24-29(27,14-7-5-13(6-8-14)28-18(21,22)23)25-17(11-26(2)3)12-4-9-15(19)16(20)10-12;/h4-10,17H,11H2,1-3H3,(H,24,25,27);1H. The van der Waals surface area contributed by atoms with Crippen molar-refractivity contribution in [1.82, 2.24) is 9.62 Å². The molecule has 0 spiro atoms. The van der Waals surface area contributed by atoms with E-state index in [0.717, 1.165) is 17.7 Å². The van der Waals surface area contributed by atoms with Crippen molar-refractivity contribution in [2.24, 2.45) is 4.36 Å². The van der Waals surface area contributed by atoms with E-state index < -0.39 is 28.1 Å². The summed E-state index contributed by atoms with van der Waals surface area (Å²) < 4.78 is 61.3. The van der Waals surface area contributed by atoms with Gasteiger partial charge in [-0.1, -0.05) is 29.3 Å². The first-order chi connectivity index (χ1) is 13.4. The predicted octanol–water partition coefficient (Wildman–Crippen LogP) is 5.58. The van der Waals surface area contributed by atoms with E-state index in [4.69, 9.17) is 23.2 Å². The van der Waals surface area contributed by atoms with Crippen LogP contribution in [0.1, 0.15) is 11.6 Å². The second-order valence-corrected chi connectivity index (χ2v) is 9.27. The Hall–Kier alpha value is -1.23. The molecule has 0 amide bonds. The Morgan fingerprint density at radius 2 is 1.73 bits per heavy atom. The van der Waals surface area contributed by atoms with Crippen LogP contribution in [0.5, 0.6) is 5.75 Å². The van der Waals surface area contributed by atoms with Gasteiger partial charge in [-0.3, -0.25) is 0 Å². The number of ether oxygens (including phenoxy) is 1. The fourth-order valence-corrected chi connectivity index (χ4v) is 4.41. The Kier molecular flexibility index (Phi) is 9.72. The van der Waals surface area contributed by atoms with Gasteiger partial charge in [0.1, 0.15) is 15.7 Å². The van der Waals surface area contributed by atoms with Crippen LogP contribution in [-0.4, -0.2) is 43.2 Å². The number of hydrogen-bond acceptors (Lipinski definition) is 4. The van der Waals surface area contributed by atoms with Gasteiger partial charge in [-0.15, -0.1) is 25.6 Å². The van der Waals surface area contributed by atoms with Crippen LogP contribution in [0.25, 0.3) is 0 Å². The molecule has 0 aliphatic rings. The maximum atomic E-state index is 13.5. The summed E-state index contributed by atoms with van der Waals surface area (Å²) in [5, 5.41) is 0.739. The molecule has 2 aromatic rings. The molecule has 0 fully saturated rings. The van der Waals surface area contributed by atoms with Gasteiger partial charge in [0.2, 0.25) is 0 Å². The number of nitrogens with zero attached hydrogens (tertiary/aromatic N) is 2. The lowest BCUT2D eigenvalue weighted by molar-refractivity contribution is -0.274. The maximum Gasteiger partial charge on any atom is 0.573 e. The molecule has 5 nitrogen and oxygen atoms in total. The summed E-state index contributed by atoms with van der Waals surface area (Å²) in [7, 11) is 1.92. The number of likely N-dealkylation sites (N-methyl/N-ethyl adjacent to an activating group) is 1. The lowest BCUT2D eigenvalue weighted by atomic mass is 10.1. The summed E-state index contributed by atoms with van der Waals surface area (Å²) in [5.41, 5.74) is 0.737. The summed E-state index contributed by atoms with van der Waals surface area (Å²) in [6, 6.07) is 9.37. The van der Waals surface area contributed by atoms with Crippen LogP contribution in [0, 0.1) is 0 Å². The molecule has 0 aromatic heterocycles. The summed E-state index contributed by atoms with van der Waals surface area (Å²) in [5.74, 6) is -0.409. The quantitative estimate of drug-likeness (QED) is 0.533. The molecule has 2 rings (SSSR count). The smallest absolute Gasteiger partial charge is 0.406 e.